The Morgan fingerprint density at radius 2 is 1.93 bits per heavy atom. The molecule has 0 saturated carbocycles. The minimum Gasteiger partial charge on any atom is -0.490 e. The van der Waals surface area contributed by atoms with E-state index in [4.69, 9.17) is 4.74 Å². The molecule has 0 unspecified atom stereocenters. The number of aryl methyl sites for hydroxylation is 1. The number of halogens is 1. The first-order chi connectivity index (χ1) is 14.2. The van der Waals surface area contributed by atoms with Crippen molar-refractivity contribution in [3.63, 3.8) is 0 Å². The van der Waals surface area contributed by atoms with Crippen molar-refractivity contribution in [3.8, 4) is 5.75 Å². The van der Waals surface area contributed by atoms with E-state index in [9.17, 15) is 0 Å². The second-order valence-electron chi connectivity index (χ2n) is 7.70. The second kappa shape index (κ2) is 10.7. The van der Waals surface area contributed by atoms with Crippen LogP contribution in [-0.4, -0.2) is 48.6 Å². The van der Waals surface area contributed by atoms with Crippen LogP contribution in [-0.2, 0) is 6.42 Å². The number of aromatic amines is 1. The molecule has 30 heavy (non-hydrogen) atoms. The van der Waals surface area contributed by atoms with Crippen molar-refractivity contribution in [3.05, 3.63) is 65.9 Å². The van der Waals surface area contributed by atoms with Gasteiger partial charge in [0.25, 0.3) is 0 Å². The molecule has 0 atom stereocenters. The van der Waals surface area contributed by atoms with Crippen molar-refractivity contribution in [2.24, 2.45) is 4.99 Å². The van der Waals surface area contributed by atoms with E-state index in [1.54, 1.807) is 0 Å². The van der Waals surface area contributed by atoms with Crippen LogP contribution in [0.2, 0.25) is 0 Å². The number of para-hydroxylation sites is 1. The summed E-state index contributed by atoms with van der Waals surface area (Å²) in [6.45, 7) is 4.92. The van der Waals surface area contributed by atoms with Crippen LogP contribution < -0.4 is 10.1 Å². The van der Waals surface area contributed by atoms with E-state index in [0.717, 1.165) is 50.6 Å². The molecular weight excluding hydrogens is 487 g/mol. The van der Waals surface area contributed by atoms with Gasteiger partial charge in [0.2, 0.25) is 0 Å². The van der Waals surface area contributed by atoms with E-state index >= 15 is 0 Å². The first-order valence-electron chi connectivity index (χ1n) is 10.5. The number of nitrogens with one attached hydrogen (secondary N) is 2. The van der Waals surface area contributed by atoms with Gasteiger partial charge in [-0.3, -0.25) is 4.99 Å². The van der Waals surface area contributed by atoms with Gasteiger partial charge in [-0.2, -0.15) is 0 Å². The number of rotatable bonds is 5. The molecule has 6 heteroatoms. The number of hydrogen-bond donors (Lipinski definition) is 2. The van der Waals surface area contributed by atoms with Crippen LogP contribution in [0.3, 0.4) is 0 Å². The SMILES string of the molecule is CN=C(NCCc1c[nH]c2cc(C)ccc12)N1CCC(Oc2ccccc2)CC1.I. The summed E-state index contributed by atoms with van der Waals surface area (Å²) in [5, 5.41) is 4.85. The lowest BCUT2D eigenvalue weighted by atomic mass is 10.1. The summed E-state index contributed by atoms with van der Waals surface area (Å²) in [7, 11) is 1.86. The number of benzene rings is 2. The van der Waals surface area contributed by atoms with Gasteiger partial charge in [0.1, 0.15) is 11.9 Å². The third-order valence-corrected chi connectivity index (χ3v) is 5.60. The van der Waals surface area contributed by atoms with E-state index in [2.05, 4.69) is 51.5 Å². The van der Waals surface area contributed by atoms with E-state index in [-0.39, 0.29) is 30.1 Å². The minimum atomic E-state index is 0. The van der Waals surface area contributed by atoms with Crippen LogP contribution in [0.5, 0.6) is 5.75 Å². The molecule has 2 N–H and O–H groups in total. The van der Waals surface area contributed by atoms with Gasteiger partial charge in [-0.25, -0.2) is 0 Å². The molecule has 0 spiro atoms. The van der Waals surface area contributed by atoms with E-state index in [1.807, 2.05) is 37.4 Å². The molecule has 0 aliphatic carbocycles. The zero-order valence-corrected chi connectivity index (χ0v) is 20.1. The molecule has 0 amide bonds. The number of guanidine groups is 1. The fourth-order valence-electron chi connectivity index (χ4n) is 4.03. The van der Waals surface area contributed by atoms with Crippen molar-refractivity contribution in [1.29, 1.82) is 0 Å². The Morgan fingerprint density at radius 3 is 2.67 bits per heavy atom. The fourth-order valence-corrected chi connectivity index (χ4v) is 4.03. The van der Waals surface area contributed by atoms with Gasteiger partial charge < -0.3 is 19.9 Å². The summed E-state index contributed by atoms with van der Waals surface area (Å²) >= 11 is 0. The van der Waals surface area contributed by atoms with E-state index in [0.29, 0.717) is 0 Å². The van der Waals surface area contributed by atoms with Crippen molar-refractivity contribution in [2.45, 2.75) is 32.3 Å². The van der Waals surface area contributed by atoms with Crippen LogP contribution in [0, 0.1) is 6.92 Å². The fraction of sp³-hybridized carbons (Fsp3) is 0.375. The lowest BCUT2D eigenvalue weighted by molar-refractivity contribution is 0.129. The Balaban J connectivity index is 0.00000256. The zero-order chi connectivity index (χ0) is 20.1. The molecular formula is C24H31IN4O. The number of aliphatic imine (C=N–C) groups is 1. The van der Waals surface area contributed by atoms with Gasteiger partial charge in [-0.15, -0.1) is 24.0 Å². The second-order valence-corrected chi connectivity index (χ2v) is 7.70. The zero-order valence-electron chi connectivity index (χ0n) is 17.7. The van der Waals surface area contributed by atoms with Gasteiger partial charge in [0.15, 0.2) is 5.96 Å². The maximum atomic E-state index is 6.11. The molecule has 1 fully saturated rings. The Hall–Kier alpha value is -2.22. The minimum absolute atomic E-state index is 0. The Morgan fingerprint density at radius 1 is 1.17 bits per heavy atom. The lowest BCUT2D eigenvalue weighted by Gasteiger charge is -2.34. The maximum absolute atomic E-state index is 6.11. The predicted molar refractivity (Wildman–Crippen MR) is 135 cm³/mol. The average molecular weight is 518 g/mol. The Bertz CT molecular complexity index is 962. The number of piperidine rings is 1. The molecule has 0 bridgehead atoms. The molecule has 4 rings (SSSR count). The highest BCUT2D eigenvalue weighted by atomic mass is 127. The summed E-state index contributed by atoms with van der Waals surface area (Å²) in [5.41, 5.74) is 3.84. The average Bonchev–Trinajstić information content (AvgIpc) is 3.15. The van der Waals surface area contributed by atoms with Gasteiger partial charge in [0, 0.05) is 56.6 Å². The number of ether oxygens (including phenoxy) is 1. The number of aromatic nitrogens is 1. The van der Waals surface area contributed by atoms with E-state index < -0.39 is 0 Å². The molecule has 1 aromatic heterocycles. The molecule has 3 aromatic rings. The van der Waals surface area contributed by atoms with Crippen LogP contribution >= 0.6 is 24.0 Å². The van der Waals surface area contributed by atoms with Gasteiger partial charge >= 0.3 is 0 Å². The largest absolute Gasteiger partial charge is 0.490 e. The number of likely N-dealkylation sites (tertiary alicyclic amines) is 1. The van der Waals surface area contributed by atoms with Crippen LogP contribution in [0.15, 0.2) is 59.7 Å². The number of H-pyrrole nitrogens is 1. The molecule has 5 nitrogen and oxygen atoms in total. The topological polar surface area (TPSA) is 52.7 Å². The molecule has 1 aliphatic heterocycles. The molecule has 1 saturated heterocycles. The van der Waals surface area contributed by atoms with Crippen LogP contribution in [0.1, 0.15) is 24.0 Å². The van der Waals surface area contributed by atoms with Crippen molar-refractivity contribution < 1.29 is 4.74 Å². The third kappa shape index (κ3) is 5.47. The highest BCUT2D eigenvalue weighted by molar-refractivity contribution is 14.0. The lowest BCUT2D eigenvalue weighted by Crippen LogP contribution is -2.47. The van der Waals surface area contributed by atoms with Crippen LogP contribution in [0.4, 0.5) is 0 Å². The standard InChI is InChI=1S/C24H30N4O.HI/c1-18-8-9-22-19(17-27-23(22)16-18)10-13-26-24(25-2)28-14-11-21(12-15-28)29-20-6-4-3-5-7-20;/h3-9,16-17,21,27H,10-15H2,1-2H3,(H,25,26);1H. The number of nitrogens with zero attached hydrogens (tertiary/aromatic N) is 2. The predicted octanol–water partition coefficient (Wildman–Crippen LogP) is 4.76. The highest BCUT2D eigenvalue weighted by Gasteiger charge is 2.22. The first kappa shape index (κ1) is 22.5. The first-order valence-corrected chi connectivity index (χ1v) is 10.5. The molecule has 2 aromatic carbocycles. The normalized spacial score (nSPS) is 15.1. The Labute approximate surface area is 195 Å². The summed E-state index contributed by atoms with van der Waals surface area (Å²) in [5.74, 6) is 1.95. The molecule has 1 aliphatic rings. The third-order valence-electron chi connectivity index (χ3n) is 5.60. The Kier molecular flexibility index (Phi) is 8.01. The summed E-state index contributed by atoms with van der Waals surface area (Å²) in [6.07, 6.45) is 5.40. The summed E-state index contributed by atoms with van der Waals surface area (Å²) in [6, 6.07) is 16.7. The number of hydrogen-bond acceptors (Lipinski definition) is 2. The number of fused-ring (bicyclic) bond motifs is 1. The van der Waals surface area contributed by atoms with Gasteiger partial charge in [0.05, 0.1) is 0 Å². The molecule has 2 heterocycles. The van der Waals surface area contributed by atoms with Gasteiger partial charge in [-0.1, -0.05) is 30.3 Å². The van der Waals surface area contributed by atoms with Crippen LogP contribution in [0.25, 0.3) is 10.9 Å². The van der Waals surface area contributed by atoms with E-state index in [1.165, 1.54) is 22.0 Å². The van der Waals surface area contributed by atoms with Crippen molar-refractivity contribution >= 4 is 40.8 Å². The maximum Gasteiger partial charge on any atom is 0.193 e. The smallest absolute Gasteiger partial charge is 0.193 e. The monoisotopic (exact) mass is 518 g/mol. The highest BCUT2D eigenvalue weighted by Crippen LogP contribution is 2.20. The molecule has 160 valence electrons. The summed E-state index contributed by atoms with van der Waals surface area (Å²) in [4.78, 5) is 10.2. The summed E-state index contributed by atoms with van der Waals surface area (Å²) < 4.78 is 6.11. The molecule has 0 radical (unpaired) electrons. The van der Waals surface area contributed by atoms with Crippen molar-refractivity contribution in [2.75, 3.05) is 26.7 Å². The quantitative estimate of drug-likeness (QED) is 0.291. The van der Waals surface area contributed by atoms with Gasteiger partial charge in [-0.05, 0) is 42.7 Å². The van der Waals surface area contributed by atoms with Crippen molar-refractivity contribution in [1.82, 2.24) is 15.2 Å².